The van der Waals surface area contributed by atoms with E-state index in [9.17, 15) is 0 Å². The van der Waals surface area contributed by atoms with Crippen LogP contribution in [0.4, 0.5) is 0 Å². The molecule has 0 spiro atoms. The van der Waals surface area contributed by atoms with Gasteiger partial charge in [0.15, 0.2) is 0 Å². The number of aryl methyl sites for hydroxylation is 1. The molecule has 0 atom stereocenters. The molecule has 0 N–H and O–H groups in total. The molecule has 2 rings (SSSR count). The topological polar surface area (TPSA) is 17.8 Å². The molecular formula is C13H15ClN2. The lowest BCUT2D eigenvalue weighted by Gasteiger charge is -2.06. The van der Waals surface area contributed by atoms with E-state index in [2.05, 4.69) is 18.8 Å². The Kier molecular flexibility index (Phi) is 3.01. The van der Waals surface area contributed by atoms with E-state index in [1.165, 1.54) is 0 Å². The first kappa shape index (κ1) is 11.2. The van der Waals surface area contributed by atoms with Crippen LogP contribution < -0.4 is 0 Å². The zero-order valence-corrected chi connectivity index (χ0v) is 10.5. The van der Waals surface area contributed by atoms with Crippen LogP contribution in [-0.4, -0.2) is 9.55 Å². The summed E-state index contributed by atoms with van der Waals surface area (Å²) in [6.45, 7) is 6.18. The van der Waals surface area contributed by atoms with Crippen LogP contribution in [0.2, 0.25) is 5.15 Å². The second kappa shape index (κ2) is 4.30. The second-order valence-corrected chi connectivity index (χ2v) is 4.52. The van der Waals surface area contributed by atoms with E-state index in [0.29, 0.717) is 5.92 Å². The average molecular weight is 235 g/mol. The van der Waals surface area contributed by atoms with Crippen molar-refractivity contribution in [3.63, 3.8) is 0 Å². The first-order valence-corrected chi connectivity index (χ1v) is 5.79. The predicted molar refractivity (Wildman–Crippen MR) is 67.4 cm³/mol. The van der Waals surface area contributed by atoms with Crippen molar-refractivity contribution in [3.8, 4) is 5.69 Å². The van der Waals surface area contributed by atoms with Crippen LogP contribution >= 0.6 is 11.6 Å². The molecule has 0 bridgehead atoms. The largest absolute Gasteiger partial charge is 0.287 e. The Labute approximate surface area is 101 Å². The highest BCUT2D eigenvalue weighted by molar-refractivity contribution is 6.30. The minimum atomic E-state index is 0.344. The summed E-state index contributed by atoms with van der Waals surface area (Å²) in [7, 11) is 0. The van der Waals surface area contributed by atoms with Crippen molar-refractivity contribution in [2.45, 2.75) is 26.7 Å². The third kappa shape index (κ3) is 1.85. The summed E-state index contributed by atoms with van der Waals surface area (Å²) in [4.78, 5) is 4.52. The van der Waals surface area contributed by atoms with Crippen molar-refractivity contribution in [3.05, 3.63) is 47.0 Å². The molecule has 1 aromatic heterocycles. The predicted octanol–water partition coefficient (Wildman–Crippen LogP) is 3.96. The molecule has 2 nitrogen and oxygen atoms in total. The van der Waals surface area contributed by atoms with Gasteiger partial charge in [0.1, 0.15) is 11.0 Å². The fourth-order valence-corrected chi connectivity index (χ4v) is 2.25. The lowest BCUT2D eigenvalue weighted by molar-refractivity contribution is 0.829. The monoisotopic (exact) mass is 234 g/mol. The molecule has 0 saturated carbocycles. The van der Waals surface area contributed by atoms with Crippen molar-refractivity contribution in [2.75, 3.05) is 0 Å². The summed E-state index contributed by atoms with van der Waals surface area (Å²) >= 11 is 6.36. The van der Waals surface area contributed by atoms with Crippen LogP contribution in [0.5, 0.6) is 0 Å². The van der Waals surface area contributed by atoms with Crippen molar-refractivity contribution in [2.24, 2.45) is 0 Å². The lowest BCUT2D eigenvalue weighted by Crippen LogP contribution is -1.96. The number of benzene rings is 1. The van der Waals surface area contributed by atoms with Crippen LogP contribution in [0.3, 0.4) is 0 Å². The van der Waals surface area contributed by atoms with E-state index in [1.807, 2.05) is 41.8 Å². The first-order valence-electron chi connectivity index (χ1n) is 5.41. The Balaban J connectivity index is 2.58. The van der Waals surface area contributed by atoms with Gasteiger partial charge in [-0.1, -0.05) is 43.6 Å². The van der Waals surface area contributed by atoms with Gasteiger partial charge in [0.25, 0.3) is 0 Å². The Bertz CT molecular complexity index is 486. The summed E-state index contributed by atoms with van der Waals surface area (Å²) < 4.78 is 1.98. The third-order valence-electron chi connectivity index (χ3n) is 2.57. The second-order valence-electron chi connectivity index (χ2n) is 4.16. The number of imidazole rings is 1. The van der Waals surface area contributed by atoms with Crippen LogP contribution in [0, 0.1) is 6.92 Å². The maximum Gasteiger partial charge on any atom is 0.136 e. The van der Waals surface area contributed by atoms with Gasteiger partial charge in [-0.05, 0) is 25.0 Å². The van der Waals surface area contributed by atoms with Crippen molar-refractivity contribution in [1.29, 1.82) is 0 Å². The summed E-state index contributed by atoms with van der Waals surface area (Å²) in [6.07, 6.45) is 0. The highest BCUT2D eigenvalue weighted by Crippen LogP contribution is 2.27. The van der Waals surface area contributed by atoms with Gasteiger partial charge >= 0.3 is 0 Å². The maximum atomic E-state index is 6.36. The van der Waals surface area contributed by atoms with E-state index < -0.39 is 0 Å². The number of aromatic nitrogens is 2. The zero-order chi connectivity index (χ0) is 11.7. The molecule has 0 aliphatic carbocycles. The molecule has 0 aliphatic heterocycles. The summed E-state index contributed by atoms with van der Waals surface area (Å²) in [6, 6.07) is 10.1. The van der Waals surface area contributed by atoms with Gasteiger partial charge in [0.05, 0.1) is 5.69 Å². The van der Waals surface area contributed by atoms with E-state index in [4.69, 9.17) is 11.6 Å². The normalized spacial score (nSPS) is 11.1. The van der Waals surface area contributed by atoms with Gasteiger partial charge in [-0.15, -0.1) is 0 Å². The van der Waals surface area contributed by atoms with E-state index in [0.717, 1.165) is 22.4 Å². The van der Waals surface area contributed by atoms with Gasteiger partial charge in [0, 0.05) is 5.69 Å². The fourth-order valence-electron chi connectivity index (χ4n) is 1.77. The Morgan fingerprint density at radius 3 is 2.31 bits per heavy atom. The Morgan fingerprint density at radius 2 is 1.81 bits per heavy atom. The molecule has 0 unspecified atom stereocenters. The van der Waals surface area contributed by atoms with E-state index >= 15 is 0 Å². The maximum absolute atomic E-state index is 6.36. The van der Waals surface area contributed by atoms with Gasteiger partial charge in [0.2, 0.25) is 0 Å². The Hall–Kier alpha value is -1.28. The van der Waals surface area contributed by atoms with Crippen molar-refractivity contribution < 1.29 is 0 Å². The quantitative estimate of drug-likeness (QED) is 0.769. The van der Waals surface area contributed by atoms with Gasteiger partial charge in [-0.25, -0.2) is 4.98 Å². The standard InChI is InChI=1S/C13H15ClN2/c1-9(2)12-13(14)16(10(3)15-12)11-7-5-4-6-8-11/h4-9H,1-3H3. The molecule has 2 aromatic rings. The van der Waals surface area contributed by atoms with E-state index in [1.54, 1.807) is 0 Å². The van der Waals surface area contributed by atoms with Crippen LogP contribution in [0.1, 0.15) is 31.3 Å². The molecule has 0 fully saturated rings. The number of hydrogen-bond donors (Lipinski definition) is 0. The molecule has 1 heterocycles. The van der Waals surface area contributed by atoms with E-state index in [-0.39, 0.29) is 0 Å². The number of nitrogens with zero attached hydrogens (tertiary/aromatic N) is 2. The van der Waals surface area contributed by atoms with Crippen LogP contribution in [0.25, 0.3) is 5.69 Å². The zero-order valence-electron chi connectivity index (χ0n) is 9.74. The number of hydrogen-bond acceptors (Lipinski definition) is 1. The minimum Gasteiger partial charge on any atom is -0.287 e. The average Bonchev–Trinajstić information content (AvgIpc) is 2.56. The van der Waals surface area contributed by atoms with Crippen molar-refractivity contribution >= 4 is 11.6 Å². The number of para-hydroxylation sites is 1. The highest BCUT2D eigenvalue weighted by Gasteiger charge is 2.16. The number of halogens is 1. The van der Waals surface area contributed by atoms with Gasteiger partial charge in [-0.2, -0.15) is 0 Å². The van der Waals surface area contributed by atoms with Crippen LogP contribution in [0.15, 0.2) is 30.3 Å². The molecule has 0 aliphatic rings. The summed E-state index contributed by atoms with van der Waals surface area (Å²) in [5.74, 6) is 1.27. The van der Waals surface area contributed by atoms with Crippen molar-refractivity contribution in [1.82, 2.24) is 9.55 Å². The van der Waals surface area contributed by atoms with Crippen LogP contribution in [-0.2, 0) is 0 Å². The van der Waals surface area contributed by atoms with Gasteiger partial charge in [-0.3, -0.25) is 4.57 Å². The molecular weight excluding hydrogens is 220 g/mol. The smallest absolute Gasteiger partial charge is 0.136 e. The Morgan fingerprint density at radius 1 is 1.19 bits per heavy atom. The first-order chi connectivity index (χ1) is 7.61. The number of rotatable bonds is 2. The fraction of sp³-hybridized carbons (Fsp3) is 0.308. The van der Waals surface area contributed by atoms with Gasteiger partial charge < -0.3 is 0 Å². The molecule has 0 saturated heterocycles. The highest BCUT2D eigenvalue weighted by atomic mass is 35.5. The molecule has 84 valence electrons. The molecule has 0 amide bonds. The lowest BCUT2D eigenvalue weighted by atomic mass is 10.1. The molecule has 1 aromatic carbocycles. The summed E-state index contributed by atoms with van der Waals surface area (Å²) in [5.41, 5.74) is 2.02. The minimum absolute atomic E-state index is 0.344. The summed E-state index contributed by atoms with van der Waals surface area (Å²) in [5, 5.41) is 0.721. The third-order valence-corrected chi connectivity index (χ3v) is 2.94. The molecule has 3 heteroatoms. The molecule has 16 heavy (non-hydrogen) atoms. The SMILES string of the molecule is Cc1nc(C(C)C)c(Cl)n1-c1ccccc1. The molecule has 0 radical (unpaired) electrons.